The van der Waals surface area contributed by atoms with E-state index >= 15 is 0 Å². The lowest BCUT2D eigenvalue weighted by Gasteiger charge is -2.20. The lowest BCUT2D eigenvalue weighted by molar-refractivity contribution is 0.0939. The summed E-state index contributed by atoms with van der Waals surface area (Å²) in [4.78, 5) is 12.6. The highest BCUT2D eigenvalue weighted by atomic mass is 32.2. The van der Waals surface area contributed by atoms with E-state index in [4.69, 9.17) is 0 Å². The largest absolute Gasteiger partial charge is 0.346 e. The molecule has 7 heteroatoms. The molecule has 1 atom stereocenters. The molecule has 0 aliphatic rings. The molecular weight excluding hydrogens is 391 g/mol. The van der Waals surface area contributed by atoms with Gasteiger partial charge in [0.05, 0.1) is 16.6 Å². The highest BCUT2D eigenvalue weighted by Gasteiger charge is 2.22. The van der Waals surface area contributed by atoms with Gasteiger partial charge in [0.2, 0.25) is 0 Å². The molecule has 0 aliphatic heterocycles. The smallest absolute Gasteiger partial charge is 0.264 e. The summed E-state index contributed by atoms with van der Waals surface area (Å²) in [5, 5.41) is 2.80. The molecule has 5 nitrogen and oxygen atoms in total. The summed E-state index contributed by atoms with van der Waals surface area (Å²) in [6, 6.07) is 20.0. The minimum atomic E-state index is -3.82. The second kappa shape index (κ2) is 8.45. The van der Waals surface area contributed by atoms with Gasteiger partial charge in [0, 0.05) is 12.6 Å². The SMILES string of the molecule is C[C@H](NC(=O)c1cccc(S(=O)(=O)N(C)c2ccccc2)c1)c1ccc(F)cc1. The van der Waals surface area contributed by atoms with Crippen LogP contribution in [0.3, 0.4) is 0 Å². The van der Waals surface area contributed by atoms with E-state index in [-0.39, 0.29) is 22.3 Å². The van der Waals surface area contributed by atoms with Crippen molar-refractivity contribution in [1.29, 1.82) is 0 Å². The third-order valence-electron chi connectivity index (χ3n) is 4.59. The minimum absolute atomic E-state index is 0.0194. The molecule has 0 spiro atoms. The third kappa shape index (κ3) is 4.63. The molecule has 1 amide bonds. The van der Waals surface area contributed by atoms with Crippen LogP contribution in [0.1, 0.15) is 28.9 Å². The summed E-state index contributed by atoms with van der Waals surface area (Å²) in [7, 11) is -2.36. The number of benzene rings is 3. The van der Waals surface area contributed by atoms with E-state index in [1.165, 1.54) is 41.7 Å². The lowest BCUT2D eigenvalue weighted by Crippen LogP contribution is -2.28. The first-order valence-corrected chi connectivity index (χ1v) is 10.4. The molecule has 0 fully saturated rings. The number of halogens is 1. The quantitative estimate of drug-likeness (QED) is 0.662. The monoisotopic (exact) mass is 412 g/mol. The number of anilines is 1. The van der Waals surface area contributed by atoms with Crippen molar-refractivity contribution in [3.63, 3.8) is 0 Å². The number of sulfonamides is 1. The van der Waals surface area contributed by atoms with Crippen LogP contribution < -0.4 is 9.62 Å². The fourth-order valence-corrected chi connectivity index (χ4v) is 4.09. The van der Waals surface area contributed by atoms with E-state index in [2.05, 4.69) is 5.32 Å². The van der Waals surface area contributed by atoms with E-state index in [9.17, 15) is 17.6 Å². The zero-order valence-corrected chi connectivity index (χ0v) is 16.9. The molecule has 150 valence electrons. The molecule has 3 aromatic rings. The first-order valence-electron chi connectivity index (χ1n) is 8.99. The molecule has 0 bridgehead atoms. The van der Waals surface area contributed by atoms with Gasteiger partial charge in [-0.25, -0.2) is 12.8 Å². The predicted molar refractivity (Wildman–Crippen MR) is 111 cm³/mol. The van der Waals surface area contributed by atoms with E-state index in [1.54, 1.807) is 55.5 Å². The fourth-order valence-electron chi connectivity index (χ4n) is 2.85. The van der Waals surface area contributed by atoms with E-state index in [1.807, 2.05) is 0 Å². The van der Waals surface area contributed by atoms with Gasteiger partial charge >= 0.3 is 0 Å². The van der Waals surface area contributed by atoms with Gasteiger partial charge in [-0.3, -0.25) is 9.10 Å². The number of amides is 1. The maximum Gasteiger partial charge on any atom is 0.264 e. The van der Waals surface area contributed by atoms with Gasteiger partial charge in [-0.15, -0.1) is 0 Å². The Morgan fingerprint density at radius 3 is 2.28 bits per heavy atom. The first kappa shape index (κ1) is 20.5. The summed E-state index contributed by atoms with van der Waals surface area (Å²) >= 11 is 0. The Morgan fingerprint density at radius 1 is 0.966 bits per heavy atom. The zero-order valence-electron chi connectivity index (χ0n) is 16.0. The zero-order chi connectivity index (χ0) is 21.0. The Bertz CT molecular complexity index is 1100. The van der Waals surface area contributed by atoms with Gasteiger partial charge in [-0.05, 0) is 55.0 Å². The predicted octanol–water partition coefficient (Wildman–Crippen LogP) is 4.14. The maximum atomic E-state index is 13.1. The number of nitrogens with one attached hydrogen (secondary N) is 1. The van der Waals surface area contributed by atoms with Crippen molar-refractivity contribution >= 4 is 21.6 Å². The van der Waals surface area contributed by atoms with Crippen LogP contribution >= 0.6 is 0 Å². The molecule has 3 aromatic carbocycles. The Kier molecular flexibility index (Phi) is 5.98. The second-order valence-electron chi connectivity index (χ2n) is 6.58. The summed E-state index contributed by atoms with van der Waals surface area (Å²) < 4.78 is 40.1. The van der Waals surface area contributed by atoms with Crippen LogP contribution in [0.5, 0.6) is 0 Å². The van der Waals surface area contributed by atoms with Crippen molar-refractivity contribution in [3.8, 4) is 0 Å². The van der Waals surface area contributed by atoms with Crippen LogP contribution in [0.25, 0.3) is 0 Å². The Hall–Kier alpha value is -3.19. The molecule has 29 heavy (non-hydrogen) atoms. The second-order valence-corrected chi connectivity index (χ2v) is 8.55. The average Bonchev–Trinajstić information content (AvgIpc) is 2.74. The highest BCUT2D eigenvalue weighted by molar-refractivity contribution is 7.92. The van der Waals surface area contributed by atoms with Gasteiger partial charge in [-0.1, -0.05) is 36.4 Å². The van der Waals surface area contributed by atoms with Crippen LogP contribution in [0.4, 0.5) is 10.1 Å². The van der Waals surface area contributed by atoms with E-state index in [0.29, 0.717) is 5.69 Å². The Morgan fingerprint density at radius 2 is 1.62 bits per heavy atom. The third-order valence-corrected chi connectivity index (χ3v) is 6.37. The Labute approximate surface area is 169 Å². The molecule has 0 heterocycles. The Balaban J connectivity index is 1.81. The number of nitrogens with zero attached hydrogens (tertiary/aromatic N) is 1. The molecule has 0 aromatic heterocycles. The van der Waals surface area contributed by atoms with Crippen molar-refractivity contribution in [2.24, 2.45) is 0 Å². The molecular formula is C22H21FN2O3S. The van der Waals surface area contributed by atoms with Crippen LogP contribution in [-0.4, -0.2) is 21.4 Å². The number of carbonyl (C=O) groups is 1. The van der Waals surface area contributed by atoms with Crippen LogP contribution in [0.15, 0.2) is 83.8 Å². The van der Waals surface area contributed by atoms with E-state index in [0.717, 1.165) is 5.56 Å². The summed E-state index contributed by atoms with van der Waals surface area (Å²) in [6.45, 7) is 1.77. The van der Waals surface area contributed by atoms with Gasteiger partial charge in [0.25, 0.3) is 15.9 Å². The molecule has 0 radical (unpaired) electrons. The fraction of sp³-hybridized carbons (Fsp3) is 0.136. The van der Waals surface area contributed by atoms with Crippen molar-refractivity contribution in [1.82, 2.24) is 5.32 Å². The van der Waals surface area contributed by atoms with Crippen LogP contribution in [0, 0.1) is 5.82 Å². The molecule has 0 unspecified atom stereocenters. The number of rotatable bonds is 6. The highest BCUT2D eigenvalue weighted by Crippen LogP contribution is 2.22. The summed E-state index contributed by atoms with van der Waals surface area (Å²) in [6.07, 6.45) is 0. The normalized spacial score (nSPS) is 12.2. The summed E-state index contributed by atoms with van der Waals surface area (Å²) in [5.74, 6) is -0.769. The van der Waals surface area contributed by atoms with Gasteiger partial charge in [0.15, 0.2) is 0 Å². The standard InChI is InChI=1S/C22H21FN2O3S/c1-16(17-11-13-19(23)14-12-17)24-22(26)18-7-6-10-21(15-18)29(27,28)25(2)20-8-4-3-5-9-20/h3-16H,1-2H3,(H,24,26)/t16-/m0/s1. The van der Waals surface area contributed by atoms with Gasteiger partial charge in [-0.2, -0.15) is 0 Å². The molecule has 0 saturated heterocycles. The lowest BCUT2D eigenvalue weighted by atomic mass is 10.1. The van der Waals surface area contributed by atoms with Crippen molar-refractivity contribution in [2.75, 3.05) is 11.4 Å². The van der Waals surface area contributed by atoms with Crippen molar-refractivity contribution < 1.29 is 17.6 Å². The maximum absolute atomic E-state index is 13.1. The molecule has 0 aliphatic carbocycles. The molecule has 0 saturated carbocycles. The molecule has 1 N–H and O–H groups in total. The minimum Gasteiger partial charge on any atom is -0.346 e. The van der Waals surface area contributed by atoms with Gasteiger partial charge in [0.1, 0.15) is 5.82 Å². The average molecular weight is 412 g/mol. The van der Waals surface area contributed by atoms with E-state index < -0.39 is 15.9 Å². The number of para-hydroxylation sites is 1. The number of hydrogen-bond donors (Lipinski definition) is 1. The number of carbonyl (C=O) groups excluding carboxylic acids is 1. The first-order chi connectivity index (χ1) is 13.8. The topological polar surface area (TPSA) is 66.5 Å². The molecule has 3 rings (SSSR count). The number of hydrogen-bond acceptors (Lipinski definition) is 3. The van der Waals surface area contributed by atoms with Crippen LogP contribution in [0.2, 0.25) is 0 Å². The summed E-state index contributed by atoms with van der Waals surface area (Å²) in [5.41, 5.74) is 1.49. The van der Waals surface area contributed by atoms with Crippen molar-refractivity contribution in [3.05, 3.63) is 95.8 Å². The van der Waals surface area contributed by atoms with Crippen LogP contribution in [-0.2, 0) is 10.0 Å². The van der Waals surface area contributed by atoms with Gasteiger partial charge < -0.3 is 5.32 Å². The van der Waals surface area contributed by atoms with Crippen molar-refractivity contribution in [2.45, 2.75) is 17.9 Å².